The Labute approximate surface area is 132 Å². The molecule has 0 spiro atoms. The Balaban J connectivity index is 2.24. The summed E-state index contributed by atoms with van der Waals surface area (Å²) in [6.45, 7) is 10.1. The van der Waals surface area contributed by atoms with E-state index in [0.717, 1.165) is 5.69 Å². The Bertz CT molecular complexity index is 525. The third-order valence-corrected chi connectivity index (χ3v) is 4.41. The van der Waals surface area contributed by atoms with E-state index >= 15 is 0 Å². The number of esters is 1. The van der Waals surface area contributed by atoms with Crippen molar-refractivity contribution in [2.24, 2.45) is 7.05 Å². The molecule has 1 saturated heterocycles. The van der Waals surface area contributed by atoms with Gasteiger partial charge < -0.3 is 14.0 Å². The summed E-state index contributed by atoms with van der Waals surface area (Å²) in [7, 11) is 1.32. The molecule has 2 heterocycles. The van der Waals surface area contributed by atoms with Gasteiger partial charge in [0, 0.05) is 19.1 Å². The number of carbonyl (C=O) groups is 1. The number of carbonyl (C=O) groups excluding carboxylic acids is 1. The molecule has 1 aliphatic rings. The molecule has 122 valence electrons. The van der Waals surface area contributed by atoms with Gasteiger partial charge in [-0.1, -0.05) is 0 Å². The van der Waals surface area contributed by atoms with Gasteiger partial charge in [-0.25, -0.2) is 0 Å². The van der Waals surface area contributed by atoms with Gasteiger partial charge in [0.2, 0.25) is 0 Å². The second-order valence-electron chi connectivity index (χ2n) is 6.65. The Morgan fingerprint density at radius 3 is 2.41 bits per heavy atom. The van der Waals surface area contributed by atoms with E-state index in [2.05, 4.69) is 5.10 Å². The highest BCUT2D eigenvalue weighted by molar-refractivity contribution is 6.48. The number of aryl methyl sites for hydroxylation is 1. The van der Waals surface area contributed by atoms with Gasteiger partial charge >= 0.3 is 13.1 Å². The van der Waals surface area contributed by atoms with Gasteiger partial charge in [0.15, 0.2) is 0 Å². The van der Waals surface area contributed by atoms with E-state index in [9.17, 15) is 4.79 Å². The van der Waals surface area contributed by atoms with Crippen LogP contribution in [0.1, 0.15) is 52.6 Å². The number of nitrogens with zero attached hydrogens (tertiary/aromatic N) is 2. The molecule has 7 heteroatoms. The van der Waals surface area contributed by atoms with Crippen LogP contribution in [0.25, 0.3) is 0 Å². The summed E-state index contributed by atoms with van der Waals surface area (Å²) >= 11 is 0. The summed E-state index contributed by atoms with van der Waals surface area (Å²) in [5.74, 6) is -0.561. The molecule has 22 heavy (non-hydrogen) atoms. The highest BCUT2D eigenvalue weighted by atomic mass is 16.7. The van der Waals surface area contributed by atoms with E-state index in [1.165, 1.54) is 0 Å². The Kier molecular flexibility index (Phi) is 4.68. The van der Waals surface area contributed by atoms with Gasteiger partial charge in [-0.2, -0.15) is 5.10 Å². The summed E-state index contributed by atoms with van der Waals surface area (Å²) in [5.41, 5.74) is -0.118. The first-order valence-corrected chi connectivity index (χ1v) is 7.67. The Hall–Kier alpha value is -1.34. The predicted molar refractivity (Wildman–Crippen MR) is 83.3 cm³/mol. The molecule has 0 amide bonds. The quantitative estimate of drug-likeness (QED) is 0.615. The molecule has 0 aromatic carbocycles. The minimum Gasteiger partial charge on any atom is -0.466 e. The SMILES string of the molecule is CCOC(=O)CC(B1OC(C)(C)C(C)(C)O1)c1ccn(C)n1. The molecule has 0 radical (unpaired) electrons. The maximum absolute atomic E-state index is 11.9. The molecular formula is C15H25BN2O4. The van der Waals surface area contributed by atoms with Gasteiger partial charge in [0.25, 0.3) is 0 Å². The van der Waals surface area contributed by atoms with Crippen molar-refractivity contribution in [1.82, 2.24) is 9.78 Å². The zero-order chi connectivity index (χ0) is 16.5. The first-order valence-electron chi connectivity index (χ1n) is 7.67. The van der Waals surface area contributed by atoms with Gasteiger partial charge in [0.1, 0.15) is 0 Å². The fourth-order valence-electron chi connectivity index (χ4n) is 2.42. The Morgan fingerprint density at radius 2 is 1.95 bits per heavy atom. The molecule has 1 atom stereocenters. The van der Waals surface area contributed by atoms with Crippen molar-refractivity contribution in [3.8, 4) is 0 Å². The monoisotopic (exact) mass is 308 g/mol. The lowest BCUT2D eigenvalue weighted by atomic mass is 9.68. The topological polar surface area (TPSA) is 62.6 Å². The van der Waals surface area contributed by atoms with Gasteiger partial charge in [0.05, 0.1) is 29.9 Å². The average molecular weight is 308 g/mol. The average Bonchev–Trinajstić information content (AvgIpc) is 2.89. The van der Waals surface area contributed by atoms with Crippen molar-refractivity contribution in [3.63, 3.8) is 0 Å². The predicted octanol–water partition coefficient (Wildman–Crippen LogP) is 2.09. The summed E-state index contributed by atoms with van der Waals surface area (Å²) in [6.07, 6.45) is 2.03. The van der Waals surface area contributed by atoms with Crippen LogP contribution in [0.3, 0.4) is 0 Å². The Morgan fingerprint density at radius 1 is 1.36 bits per heavy atom. The van der Waals surface area contributed by atoms with Crippen LogP contribution in [0.2, 0.25) is 0 Å². The smallest absolute Gasteiger partial charge is 0.466 e. The minimum atomic E-state index is -0.524. The summed E-state index contributed by atoms with van der Waals surface area (Å²) in [5, 5.41) is 4.41. The lowest BCUT2D eigenvalue weighted by Gasteiger charge is -2.32. The second-order valence-corrected chi connectivity index (χ2v) is 6.65. The molecular weight excluding hydrogens is 283 g/mol. The molecule has 1 aromatic heterocycles. The highest BCUT2D eigenvalue weighted by Gasteiger charge is 2.54. The van der Waals surface area contributed by atoms with E-state index in [-0.39, 0.29) is 18.2 Å². The third kappa shape index (κ3) is 3.36. The fourth-order valence-corrected chi connectivity index (χ4v) is 2.42. The van der Waals surface area contributed by atoms with Crippen molar-refractivity contribution in [2.45, 2.75) is 58.1 Å². The van der Waals surface area contributed by atoms with Crippen molar-refractivity contribution < 1.29 is 18.8 Å². The minimum absolute atomic E-state index is 0.182. The van der Waals surface area contributed by atoms with Gasteiger partial charge in [-0.3, -0.25) is 9.48 Å². The number of aromatic nitrogens is 2. The fraction of sp³-hybridized carbons (Fsp3) is 0.733. The maximum atomic E-state index is 11.9. The van der Waals surface area contributed by atoms with E-state index in [4.69, 9.17) is 14.0 Å². The molecule has 0 N–H and O–H groups in total. The van der Waals surface area contributed by atoms with Crippen molar-refractivity contribution in [2.75, 3.05) is 6.61 Å². The molecule has 2 rings (SSSR count). The molecule has 1 unspecified atom stereocenters. The molecule has 1 fully saturated rings. The summed E-state index contributed by atoms with van der Waals surface area (Å²) in [4.78, 5) is 11.9. The molecule has 0 bridgehead atoms. The number of rotatable bonds is 5. The van der Waals surface area contributed by atoms with Crippen molar-refractivity contribution in [3.05, 3.63) is 18.0 Å². The molecule has 1 aromatic rings. The highest BCUT2D eigenvalue weighted by Crippen LogP contribution is 2.41. The lowest BCUT2D eigenvalue weighted by molar-refractivity contribution is -0.143. The zero-order valence-electron chi connectivity index (χ0n) is 14.3. The molecule has 6 nitrogen and oxygen atoms in total. The summed E-state index contributed by atoms with van der Waals surface area (Å²) < 4.78 is 19.0. The van der Waals surface area contributed by atoms with Crippen LogP contribution in [0.5, 0.6) is 0 Å². The van der Waals surface area contributed by atoms with Crippen LogP contribution in [0.4, 0.5) is 0 Å². The van der Waals surface area contributed by atoms with Crippen LogP contribution >= 0.6 is 0 Å². The van der Waals surface area contributed by atoms with Gasteiger partial charge in [-0.15, -0.1) is 0 Å². The van der Waals surface area contributed by atoms with E-state index in [1.54, 1.807) is 11.6 Å². The van der Waals surface area contributed by atoms with Crippen LogP contribution in [0, 0.1) is 0 Å². The van der Waals surface area contributed by atoms with E-state index < -0.39 is 18.3 Å². The van der Waals surface area contributed by atoms with E-state index in [0.29, 0.717) is 6.61 Å². The van der Waals surface area contributed by atoms with Gasteiger partial charge in [-0.05, 0) is 40.7 Å². The third-order valence-electron chi connectivity index (χ3n) is 4.41. The molecule has 0 saturated carbocycles. The van der Waals surface area contributed by atoms with E-state index in [1.807, 2.05) is 47.0 Å². The normalized spacial score (nSPS) is 20.9. The first-order chi connectivity index (χ1) is 10.2. The van der Waals surface area contributed by atoms with Crippen LogP contribution in [-0.4, -0.2) is 40.7 Å². The summed E-state index contributed by atoms with van der Waals surface area (Å²) in [6, 6.07) is 1.88. The second kappa shape index (κ2) is 6.04. The zero-order valence-corrected chi connectivity index (χ0v) is 14.3. The van der Waals surface area contributed by atoms with Crippen LogP contribution in [0.15, 0.2) is 12.3 Å². The number of hydrogen-bond acceptors (Lipinski definition) is 5. The van der Waals surface area contributed by atoms with Crippen molar-refractivity contribution >= 4 is 13.1 Å². The maximum Gasteiger partial charge on any atom is 0.468 e. The van der Waals surface area contributed by atoms with Crippen LogP contribution < -0.4 is 0 Å². The first kappa shape index (κ1) is 17.0. The molecule has 1 aliphatic heterocycles. The lowest BCUT2D eigenvalue weighted by Crippen LogP contribution is -2.41. The number of ether oxygens (including phenoxy) is 1. The number of hydrogen-bond donors (Lipinski definition) is 0. The van der Waals surface area contributed by atoms with Crippen molar-refractivity contribution in [1.29, 1.82) is 0 Å². The van der Waals surface area contributed by atoms with Crippen LogP contribution in [-0.2, 0) is 25.9 Å². The standard InChI is InChI=1S/C15H25BN2O4/c1-7-20-13(19)10-11(12-8-9-18(6)17-12)16-21-14(2,3)15(4,5)22-16/h8-9,11H,7,10H2,1-6H3. The largest absolute Gasteiger partial charge is 0.468 e. The molecule has 0 aliphatic carbocycles.